The summed E-state index contributed by atoms with van der Waals surface area (Å²) in [5.41, 5.74) is 6.93. The number of carbonyl (C=O) groups excluding carboxylic acids is 2. The van der Waals surface area contributed by atoms with Crippen molar-refractivity contribution >= 4 is 17.8 Å². The number of aromatic nitrogens is 1. The minimum Gasteiger partial charge on any atom is -0.486 e. The van der Waals surface area contributed by atoms with Gasteiger partial charge in [-0.2, -0.15) is 0 Å². The van der Waals surface area contributed by atoms with Gasteiger partial charge in [-0.25, -0.2) is 4.79 Å². The smallest absolute Gasteiger partial charge is 0.346 e. The van der Waals surface area contributed by atoms with Gasteiger partial charge in [0.25, 0.3) is 5.91 Å². The number of benzene rings is 1. The molecule has 1 aromatic heterocycles. The summed E-state index contributed by atoms with van der Waals surface area (Å²) in [4.78, 5) is 26.6. The summed E-state index contributed by atoms with van der Waals surface area (Å²) in [6.07, 6.45) is 1.70. The van der Waals surface area contributed by atoms with Crippen LogP contribution in [0.5, 0.6) is 11.5 Å². The number of ether oxygens (including phenoxy) is 3. The zero-order chi connectivity index (χ0) is 19.7. The number of nitrogen functional groups attached to an aromatic ring is 1. The van der Waals surface area contributed by atoms with Gasteiger partial charge in [-0.3, -0.25) is 4.79 Å². The van der Waals surface area contributed by atoms with Gasteiger partial charge in [0.2, 0.25) is 5.88 Å². The van der Waals surface area contributed by atoms with Gasteiger partial charge in [-0.05, 0) is 37.5 Å². The fraction of sp³-hybridized carbons (Fsp3) is 0.421. The fourth-order valence-electron chi connectivity index (χ4n) is 3.60. The van der Waals surface area contributed by atoms with Crippen molar-refractivity contribution in [2.75, 3.05) is 32.1 Å². The van der Waals surface area contributed by atoms with Crippen LogP contribution < -0.4 is 15.2 Å². The Balaban J connectivity index is 1.43. The minimum absolute atomic E-state index is 0.0533. The van der Waals surface area contributed by atoms with Crippen molar-refractivity contribution < 1.29 is 28.3 Å². The molecule has 0 radical (unpaired) electrons. The summed E-state index contributed by atoms with van der Waals surface area (Å²) < 4.78 is 21.1. The summed E-state index contributed by atoms with van der Waals surface area (Å²) in [7, 11) is 0. The average Bonchev–Trinajstić information content (AvgIpc) is 3.32. The number of hydrogen-bond donors (Lipinski definition) is 1. The topological polar surface area (TPSA) is 117 Å². The molecule has 28 heavy (non-hydrogen) atoms. The second-order valence-electron chi connectivity index (χ2n) is 6.73. The molecule has 1 amide bonds. The molecule has 0 saturated carbocycles. The maximum absolute atomic E-state index is 12.7. The predicted octanol–water partition coefficient (Wildman–Crippen LogP) is 1.86. The average molecular weight is 387 g/mol. The van der Waals surface area contributed by atoms with E-state index >= 15 is 0 Å². The van der Waals surface area contributed by atoms with Crippen molar-refractivity contribution in [2.45, 2.75) is 25.8 Å². The third-order valence-electron chi connectivity index (χ3n) is 4.94. The molecule has 0 unspecified atom stereocenters. The highest BCUT2D eigenvalue weighted by Gasteiger charge is 2.32. The first kappa shape index (κ1) is 18.1. The molecule has 1 fully saturated rings. The number of carbonyl (C=O) groups is 2. The molecule has 2 aliphatic heterocycles. The Hall–Kier alpha value is -3.23. The first-order valence-corrected chi connectivity index (χ1v) is 9.12. The number of likely N-dealkylation sites (tertiary alicyclic amines) is 1. The molecule has 1 aromatic carbocycles. The number of hydrogen-bond acceptors (Lipinski definition) is 8. The molecule has 148 valence electrons. The molecule has 4 rings (SSSR count). The summed E-state index contributed by atoms with van der Waals surface area (Å²) in [6.45, 7) is 2.84. The SMILES string of the molecule is Cc1noc(N)c1C(=O)OCC(=O)N1CCC[C@H]1c1ccc2c(c1)OCCO2. The highest BCUT2D eigenvalue weighted by atomic mass is 16.6. The lowest BCUT2D eigenvalue weighted by Gasteiger charge is -2.26. The zero-order valence-corrected chi connectivity index (χ0v) is 15.5. The Labute approximate surface area is 161 Å². The van der Waals surface area contributed by atoms with Crippen molar-refractivity contribution in [3.63, 3.8) is 0 Å². The summed E-state index contributed by atoms with van der Waals surface area (Å²) in [5, 5.41) is 3.61. The van der Waals surface area contributed by atoms with Crippen LogP contribution in [0.4, 0.5) is 5.88 Å². The van der Waals surface area contributed by atoms with Gasteiger partial charge in [-0.15, -0.1) is 0 Å². The van der Waals surface area contributed by atoms with Gasteiger partial charge in [0, 0.05) is 6.54 Å². The number of rotatable bonds is 4. The van der Waals surface area contributed by atoms with Crippen LogP contribution >= 0.6 is 0 Å². The van der Waals surface area contributed by atoms with Gasteiger partial charge >= 0.3 is 5.97 Å². The maximum Gasteiger partial charge on any atom is 0.346 e. The number of anilines is 1. The quantitative estimate of drug-likeness (QED) is 0.790. The maximum atomic E-state index is 12.7. The van der Waals surface area contributed by atoms with Crippen LogP contribution in [0.15, 0.2) is 22.7 Å². The zero-order valence-electron chi connectivity index (χ0n) is 15.5. The van der Waals surface area contributed by atoms with Crippen molar-refractivity contribution in [3.8, 4) is 11.5 Å². The molecule has 3 heterocycles. The molecular formula is C19H21N3O6. The normalized spacial score (nSPS) is 18.2. The highest BCUT2D eigenvalue weighted by molar-refractivity contribution is 5.96. The molecular weight excluding hydrogens is 366 g/mol. The van der Waals surface area contributed by atoms with E-state index in [1.807, 2.05) is 18.2 Å². The van der Waals surface area contributed by atoms with Gasteiger partial charge in [0.15, 0.2) is 18.1 Å². The van der Waals surface area contributed by atoms with Crippen LogP contribution in [0, 0.1) is 6.92 Å². The van der Waals surface area contributed by atoms with E-state index in [9.17, 15) is 9.59 Å². The van der Waals surface area contributed by atoms with Crippen LogP contribution in [0.1, 0.15) is 40.5 Å². The van der Waals surface area contributed by atoms with Crippen LogP contribution in [0.25, 0.3) is 0 Å². The van der Waals surface area contributed by atoms with E-state index in [2.05, 4.69) is 5.16 Å². The van der Waals surface area contributed by atoms with Gasteiger partial charge in [0.1, 0.15) is 18.8 Å². The highest BCUT2D eigenvalue weighted by Crippen LogP contribution is 2.38. The van der Waals surface area contributed by atoms with Crippen LogP contribution in [0.2, 0.25) is 0 Å². The molecule has 2 N–H and O–H groups in total. The molecule has 0 aliphatic carbocycles. The lowest BCUT2D eigenvalue weighted by atomic mass is 10.0. The number of aryl methyl sites for hydroxylation is 1. The van der Waals surface area contributed by atoms with Crippen molar-refractivity contribution in [2.24, 2.45) is 0 Å². The summed E-state index contributed by atoms with van der Waals surface area (Å²) in [6, 6.07) is 5.63. The summed E-state index contributed by atoms with van der Waals surface area (Å²) >= 11 is 0. The number of amides is 1. The Morgan fingerprint density at radius 1 is 1.29 bits per heavy atom. The second-order valence-corrected chi connectivity index (χ2v) is 6.73. The van der Waals surface area contributed by atoms with Crippen molar-refractivity contribution in [1.29, 1.82) is 0 Å². The van der Waals surface area contributed by atoms with Crippen LogP contribution in [0.3, 0.4) is 0 Å². The fourth-order valence-corrected chi connectivity index (χ4v) is 3.60. The third kappa shape index (κ3) is 3.35. The van der Waals surface area contributed by atoms with Crippen molar-refractivity contribution in [3.05, 3.63) is 35.0 Å². The molecule has 9 heteroatoms. The third-order valence-corrected chi connectivity index (χ3v) is 4.94. The molecule has 1 saturated heterocycles. The molecule has 2 aromatic rings. The van der Waals surface area contributed by atoms with E-state index in [1.165, 1.54) is 0 Å². The number of esters is 1. The van der Waals surface area contributed by atoms with Gasteiger partial charge in [0.05, 0.1) is 11.7 Å². The number of fused-ring (bicyclic) bond motifs is 1. The molecule has 2 aliphatic rings. The second kappa shape index (κ2) is 7.41. The Morgan fingerprint density at radius 2 is 2.07 bits per heavy atom. The van der Waals surface area contributed by atoms with Crippen LogP contribution in [-0.4, -0.2) is 48.3 Å². The van der Waals surface area contributed by atoms with E-state index < -0.39 is 5.97 Å². The number of nitrogens with two attached hydrogens (primary N) is 1. The summed E-state index contributed by atoms with van der Waals surface area (Å²) in [5.74, 6) is 0.290. The lowest BCUT2D eigenvalue weighted by molar-refractivity contribution is -0.135. The first-order chi connectivity index (χ1) is 13.5. The monoisotopic (exact) mass is 387 g/mol. The Morgan fingerprint density at radius 3 is 2.82 bits per heavy atom. The van der Waals surface area contributed by atoms with E-state index in [0.717, 1.165) is 18.4 Å². The van der Waals surface area contributed by atoms with E-state index in [-0.39, 0.29) is 30.0 Å². The molecule has 0 spiro atoms. The van der Waals surface area contributed by atoms with E-state index in [1.54, 1.807) is 11.8 Å². The largest absolute Gasteiger partial charge is 0.486 e. The van der Waals surface area contributed by atoms with E-state index in [4.69, 9.17) is 24.5 Å². The van der Waals surface area contributed by atoms with E-state index in [0.29, 0.717) is 37.0 Å². The Bertz CT molecular complexity index is 890. The Kier molecular flexibility index (Phi) is 4.81. The molecule has 1 atom stereocenters. The van der Waals surface area contributed by atoms with Gasteiger partial charge < -0.3 is 29.4 Å². The molecule has 0 bridgehead atoms. The lowest BCUT2D eigenvalue weighted by Crippen LogP contribution is -2.34. The first-order valence-electron chi connectivity index (χ1n) is 9.12. The molecule has 9 nitrogen and oxygen atoms in total. The van der Waals surface area contributed by atoms with Gasteiger partial charge in [-0.1, -0.05) is 11.2 Å². The van der Waals surface area contributed by atoms with Crippen molar-refractivity contribution in [1.82, 2.24) is 10.1 Å². The number of nitrogens with zero attached hydrogens (tertiary/aromatic N) is 2. The van der Waals surface area contributed by atoms with Crippen LogP contribution in [-0.2, 0) is 9.53 Å². The standard InChI is InChI=1S/C19H21N3O6/c1-11-17(18(20)28-21-11)19(24)27-10-16(23)22-6-2-3-13(22)12-4-5-14-15(9-12)26-8-7-25-14/h4-5,9,13H,2-3,6-8,10,20H2,1H3/t13-/m0/s1. The minimum atomic E-state index is -0.723. The predicted molar refractivity (Wildman–Crippen MR) is 97.1 cm³/mol.